The van der Waals surface area contributed by atoms with Gasteiger partial charge in [-0.3, -0.25) is 14.5 Å². The van der Waals surface area contributed by atoms with Crippen molar-refractivity contribution in [3.63, 3.8) is 0 Å². The molecule has 0 aromatic heterocycles. The highest BCUT2D eigenvalue weighted by Gasteiger charge is 2.49. The average molecular weight is 528 g/mol. The second-order valence-electron chi connectivity index (χ2n) is 9.15. The predicted octanol–water partition coefficient (Wildman–Crippen LogP) is 4.13. The van der Waals surface area contributed by atoms with Gasteiger partial charge in [-0.05, 0) is 76.6 Å². The molecule has 190 valence electrons. The minimum atomic E-state index is -4.73. The molecular formula is C23H28F3N5O2S2. The van der Waals surface area contributed by atoms with Gasteiger partial charge in [0.2, 0.25) is 0 Å². The van der Waals surface area contributed by atoms with E-state index in [1.807, 2.05) is 0 Å². The molecule has 1 aromatic carbocycles. The van der Waals surface area contributed by atoms with Crippen LogP contribution in [0.5, 0.6) is 0 Å². The molecule has 2 saturated heterocycles. The summed E-state index contributed by atoms with van der Waals surface area (Å²) < 4.78 is 40.3. The Balaban J connectivity index is 1.65. The van der Waals surface area contributed by atoms with E-state index in [4.69, 9.17) is 17.5 Å². The van der Waals surface area contributed by atoms with Crippen LogP contribution in [0.15, 0.2) is 18.2 Å². The molecule has 0 aliphatic carbocycles. The van der Waals surface area contributed by atoms with Gasteiger partial charge in [-0.25, -0.2) is 0 Å². The normalized spacial score (nSPS) is 19.2. The SMILES string of the molecule is CC1(C)C(=O)N(c2ccc(C#N)c(C(F)(F)F)c2)C(=S)N1CCCCN1CCCN(C(=O)S)CC1. The minimum absolute atomic E-state index is 0.00485. The number of halogens is 3. The fourth-order valence-corrected chi connectivity index (χ4v) is 5.14. The van der Waals surface area contributed by atoms with Crippen LogP contribution in [0.25, 0.3) is 0 Å². The Labute approximate surface area is 213 Å². The van der Waals surface area contributed by atoms with E-state index in [1.54, 1.807) is 29.7 Å². The first-order valence-corrected chi connectivity index (χ1v) is 12.2. The van der Waals surface area contributed by atoms with Crippen molar-refractivity contribution in [1.82, 2.24) is 14.7 Å². The molecule has 2 aliphatic heterocycles. The van der Waals surface area contributed by atoms with E-state index in [9.17, 15) is 22.8 Å². The lowest BCUT2D eigenvalue weighted by Crippen LogP contribution is -2.44. The van der Waals surface area contributed by atoms with Gasteiger partial charge in [0, 0.05) is 26.2 Å². The van der Waals surface area contributed by atoms with Gasteiger partial charge < -0.3 is 14.7 Å². The largest absolute Gasteiger partial charge is 0.417 e. The van der Waals surface area contributed by atoms with Crippen LogP contribution in [0, 0.1) is 11.3 Å². The summed E-state index contributed by atoms with van der Waals surface area (Å²) in [6, 6.07) is 4.73. The van der Waals surface area contributed by atoms with Crippen molar-refractivity contribution in [3.8, 4) is 6.07 Å². The molecule has 0 N–H and O–H groups in total. The second kappa shape index (κ2) is 10.7. The van der Waals surface area contributed by atoms with Gasteiger partial charge in [0.05, 0.1) is 22.9 Å². The van der Waals surface area contributed by atoms with Gasteiger partial charge in [-0.1, -0.05) is 12.6 Å². The third-order valence-electron chi connectivity index (χ3n) is 6.48. The van der Waals surface area contributed by atoms with Crippen LogP contribution < -0.4 is 4.90 Å². The number of unbranched alkanes of at least 4 members (excludes halogenated alkanes) is 1. The molecular weight excluding hydrogens is 499 g/mol. The topological polar surface area (TPSA) is 70.9 Å². The zero-order chi connectivity index (χ0) is 26.0. The average Bonchev–Trinajstić information content (AvgIpc) is 2.96. The summed E-state index contributed by atoms with van der Waals surface area (Å²) in [4.78, 5) is 31.5. The first kappa shape index (κ1) is 27.2. The summed E-state index contributed by atoms with van der Waals surface area (Å²) in [5, 5.41) is 8.98. The number of thiocarbonyl (C=S) groups is 1. The summed E-state index contributed by atoms with van der Waals surface area (Å²) in [7, 11) is 0. The number of nitriles is 1. The van der Waals surface area contributed by atoms with E-state index in [0.717, 1.165) is 55.9 Å². The number of benzene rings is 1. The van der Waals surface area contributed by atoms with Gasteiger partial charge in [0.25, 0.3) is 11.1 Å². The van der Waals surface area contributed by atoms with Gasteiger partial charge in [0.1, 0.15) is 5.54 Å². The molecule has 0 atom stereocenters. The van der Waals surface area contributed by atoms with Crippen LogP contribution in [-0.2, 0) is 11.0 Å². The fraction of sp³-hybridized carbons (Fsp3) is 0.565. The highest BCUT2D eigenvalue weighted by Crippen LogP contribution is 2.37. The molecule has 2 aliphatic rings. The fourth-order valence-electron chi connectivity index (χ4n) is 4.43. The first-order valence-electron chi connectivity index (χ1n) is 11.4. The van der Waals surface area contributed by atoms with Crippen molar-refractivity contribution >= 4 is 46.8 Å². The van der Waals surface area contributed by atoms with Crippen molar-refractivity contribution in [2.45, 2.75) is 44.8 Å². The molecule has 0 radical (unpaired) electrons. The number of amides is 2. The number of carbonyl (C=O) groups excluding carboxylic acids is 2. The van der Waals surface area contributed by atoms with Gasteiger partial charge in [0.15, 0.2) is 5.11 Å². The van der Waals surface area contributed by atoms with Crippen LogP contribution in [0.2, 0.25) is 0 Å². The smallest absolute Gasteiger partial charge is 0.334 e. The Bertz CT molecular complexity index is 1040. The lowest BCUT2D eigenvalue weighted by molar-refractivity contribution is -0.137. The summed E-state index contributed by atoms with van der Waals surface area (Å²) in [6.07, 6.45) is -2.28. The number of carbonyl (C=O) groups is 2. The Morgan fingerprint density at radius 1 is 1.17 bits per heavy atom. The molecule has 0 spiro atoms. The lowest BCUT2D eigenvalue weighted by atomic mass is 10.0. The van der Waals surface area contributed by atoms with Crippen molar-refractivity contribution in [2.24, 2.45) is 0 Å². The summed E-state index contributed by atoms with van der Waals surface area (Å²) in [6.45, 7) is 7.70. The number of alkyl halides is 3. The first-order chi connectivity index (χ1) is 16.4. The van der Waals surface area contributed by atoms with E-state index < -0.39 is 28.7 Å². The van der Waals surface area contributed by atoms with E-state index >= 15 is 0 Å². The Morgan fingerprint density at radius 2 is 1.86 bits per heavy atom. The van der Waals surface area contributed by atoms with Crippen LogP contribution in [-0.4, -0.2) is 75.8 Å². The summed E-state index contributed by atoms with van der Waals surface area (Å²) in [5.41, 5.74) is -2.63. The van der Waals surface area contributed by atoms with Crippen LogP contribution in [0.4, 0.5) is 23.7 Å². The third kappa shape index (κ3) is 5.90. The number of rotatable bonds is 6. The molecule has 7 nitrogen and oxygen atoms in total. The molecule has 2 amide bonds. The highest BCUT2D eigenvalue weighted by molar-refractivity contribution is 7.96. The van der Waals surface area contributed by atoms with Gasteiger partial charge in [-0.15, -0.1) is 0 Å². The van der Waals surface area contributed by atoms with Gasteiger partial charge >= 0.3 is 6.18 Å². The maximum Gasteiger partial charge on any atom is 0.417 e. The minimum Gasteiger partial charge on any atom is -0.334 e. The molecule has 2 heterocycles. The van der Waals surface area contributed by atoms with Crippen LogP contribution in [0.3, 0.4) is 0 Å². The quantitative estimate of drug-likeness (QED) is 0.341. The Morgan fingerprint density at radius 3 is 2.49 bits per heavy atom. The van der Waals surface area contributed by atoms with E-state index in [1.165, 1.54) is 6.07 Å². The number of hydrogen-bond acceptors (Lipinski definition) is 5. The highest BCUT2D eigenvalue weighted by atomic mass is 32.1. The lowest BCUT2D eigenvalue weighted by Gasteiger charge is -2.29. The molecule has 0 bridgehead atoms. The molecule has 2 fully saturated rings. The second-order valence-corrected chi connectivity index (χ2v) is 9.89. The molecule has 3 rings (SSSR count). The zero-order valence-electron chi connectivity index (χ0n) is 19.6. The number of hydrogen-bond donors (Lipinski definition) is 1. The van der Waals surface area contributed by atoms with E-state index in [2.05, 4.69) is 17.5 Å². The Kier molecular flexibility index (Phi) is 8.34. The monoisotopic (exact) mass is 527 g/mol. The molecule has 0 unspecified atom stereocenters. The zero-order valence-corrected chi connectivity index (χ0v) is 21.3. The number of nitrogens with zero attached hydrogens (tertiary/aromatic N) is 5. The molecule has 12 heteroatoms. The van der Waals surface area contributed by atoms with Crippen LogP contribution in [0.1, 0.15) is 44.2 Å². The third-order valence-corrected chi connectivity index (χ3v) is 7.16. The maximum absolute atomic E-state index is 13.4. The van der Waals surface area contributed by atoms with Crippen molar-refractivity contribution < 1.29 is 22.8 Å². The Hall–Kier alpha value is -2.36. The van der Waals surface area contributed by atoms with Crippen molar-refractivity contribution in [1.29, 1.82) is 5.26 Å². The van der Waals surface area contributed by atoms with Crippen LogP contribution >= 0.6 is 24.8 Å². The molecule has 1 aromatic rings. The van der Waals surface area contributed by atoms with Crippen molar-refractivity contribution in [3.05, 3.63) is 29.3 Å². The standard InChI is InChI=1S/C23H28F3N5O2S2/c1-22(2)19(32)31(17-7-6-16(15-27)18(14-17)23(24,25)26)20(34)30(22)11-4-3-8-28-9-5-10-29(13-12-28)21(33)35/h6-7,14H,3-5,8-13H2,1-2H3,(H,33,35). The number of thiol groups is 1. The molecule has 35 heavy (non-hydrogen) atoms. The predicted molar refractivity (Wildman–Crippen MR) is 133 cm³/mol. The summed E-state index contributed by atoms with van der Waals surface area (Å²) in [5.74, 6) is -0.413. The summed E-state index contributed by atoms with van der Waals surface area (Å²) >= 11 is 9.43. The van der Waals surface area contributed by atoms with E-state index in [0.29, 0.717) is 19.6 Å². The number of anilines is 1. The van der Waals surface area contributed by atoms with Crippen molar-refractivity contribution in [2.75, 3.05) is 44.2 Å². The van der Waals surface area contributed by atoms with E-state index in [-0.39, 0.29) is 16.0 Å². The maximum atomic E-state index is 13.4. The van der Waals surface area contributed by atoms with Gasteiger partial charge in [-0.2, -0.15) is 18.4 Å². The molecule has 0 saturated carbocycles.